The van der Waals surface area contributed by atoms with E-state index in [2.05, 4.69) is 4.90 Å². The molecule has 2 aliphatic heterocycles. The summed E-state index contributed by atoms with van der Waals surface area (Å²) in [6.07, 6.45) is 10.7. The third-order valence-electron chi connectivity index (χ3n) is 5.98. The maximum Gasteiger partial charge on any atom is 0.236 e. The van der Waals surface area contributed by atoms with Gasteiger partial charge < -0.3 is 9.80 Å². The fraction of sp³-hybridized carbons (Fsp3) is 0.895. The van der Waals surface area contributed by atoms with Crippen molar-refractivity contribution in [1.82, 2.24) is 14.7 Å². The number of likely N-dealkylation sites (tertiary alicyclic amines) is 1. The monoisotopic (exact) mass is 335 g/mol. The van der Waals surface area contributed by atoms with E-state index in [-0.39, 0.29) is 5.91 Å². The predicted molar refractivity (Wildman–Crippen MR) is 94.6 cm³/mol. The summed E-state index contributed by atoms with van der Waals surface area (Å²) in [6, 6.07) is 0. The average Bonchev–Trinajstić information content (AvgIpc) is 2.64. The van der Waals surface area contributed by atoms with Crippen LogP contribution in [-0.2, 0) is 9.59 Å². The molecule has 3 fully saturated rings. The van der Waals surface area contributed by atoms with Crippen LogP contribution in [0.25, 0.3) is 0 Å². The molecule has 0 spiro atoms. The molecule has 0 atom stereocenters. The molecule has 1 aliphatic carbocycles. The molecule has 0 aromatic carbocycles. The summed E-state index contributed by atoms with van der Waals surface area (Å²) < 4.78 is 0. The van der Waals surface area contributed by atoms with E-state index in [0.29, 0.717) is 18.4 Å². The van der Waals surface area contributed by atoms with Crippen molar-refractivity contribution in [2.75, 3.05) is 45.8 Å². The quantitative estimate of drug-likeness (QED) is 0.790. The Kier molecular flexibility index (Phi) is 6.52. The minimum absolute atomic E-state index is 0.275. The Morgan fingerprint density at radius 1 is 0.667 bits per heavy atom. The molecule has 0 aromatic rings. The topological polar surface area (TPSA) is 43.9 Å². The van der Waals surface area contributed by atoms with E-state index in [9.17, 15) is 9.59 Å². The lowest BCUT2D eigenvalue weighted by atomic mass is 9.86. The van der Waals surface area contributed by atoms with Gasteiger partial charge in [-0.3, -0.25) is 14.5 Å². The molecule has 3 rings (SSSR count). The highest BCUT2D eigenvalue weighted by Crippen LogP contribution is 2.27. The first-order chi connectivity index (χ1) is 11.7. The molecule has 0 aromatic heterocycles. The summed E-state index contributed by atoms with van der Waals surface area (Å²) >= 11 is 0. The Balaban J connectivity index is 1.37. The van der Waals surface area contributed by atoms with Gasteiger partial charge in [-0.1, -0.05) is 19.3 Å². The van der Waals surface area contributed by atoms with Crippen molar-refractivity contribution in [3.63, 3.8) is 0 Å². The molecule has 0 bridgehead atoms. The molecule has 1 saturated carbocycles. The van der Waals surface area contributed by atoms with Crippen molar-refractivity contribution in [2.45, 2.75) is 57.8 Å². The van der Waals surface area contributed by atoms with Gasteiger partial charge in [0.2, 0.25) is 11.8 Å². The Morgan fingerprint density at radius 2 is 1.25 bits per heavy atom. The van der Waals surface area contributed by atoms with Gasteiger partial charge in [0.05, 0.1) is 6.54 Å². The van der Waals surface area contributed by atoms with Gasteiger partial charge in [-0.15, -0.1) is 0 Å². The largest absolute Gasteiger partial charge is 0.342 e. The first-order valence-corrected chi connectivity index (χ1v) is 10.0. The van der Waals surface area contributed by atoms with Crippen LogP contribution in [0.15, 0.2) is 0 Å². The lowest BCUT2D eigenvalue weighted by Crippen LogP contribution is -2.52. The third kappa shape index (κ3) is 4.95. The van der Waals surface area contributed by atoms with Gasteiger partial charge in [0.15, 0.2) is 0 Å². The normalized spacial score (nSPS) is 24.2. The molecule has 2 saturated heterocycles. The van der Waals surface area contributed by atoms with Crippen molar-refractivity contribution in [1.29, 1.82) is 0 Å². The highest BCUT2D eigenvalue weighted by Gasteiger charge is 2.26. The average molecular weight is 335 g/mol. The standard InChI is InChI=1S/C19H33N3O2/c23-18(15-17-7-3-1-4-8-17)22-13-11-20(12-14-22)16-19(24)21-9-5-2-6-10-21/h17H,1-16H2. The van der Waals surface area contributed by atoms with Gasteiger partial charge in [0, 0.05) is 45.7 Å². The number of piperazine rings is 1. The van der Waals surface area contributed by atoms with Crippen LogP contribution in [-0.4, -0.2) is 72.3 Å². The Bertz CT molecular complexity index is 420. The van der Waals surface area contributed by atoms with Crippen LogP contribution >= 0.6 is 0 Å². The summed E-state index contributed by atoms with van der Waals surface area (Å²) in [6.45, 7) is 5.66. The van der Waals surface area contributed by atoms with Crippen molar-refractivity contribution in [2.24, 2.45) is 5.92 Å². The second kappa shape index (κ2) is 8.84. The van der Waals surface area contributed by atoms with Crippen molar-refractivity contribution in [3.8, 4) is 0 Å². The van der Waals surface area contributed by atoms with E-state index in [1.54, 1.807) is 0 Å². The van der Waals surface area contributed by atoms with Crippen molar-refractivity contribution < 1.29 is 9.59 Å². The first kappa shape index (κ1) is 17.7. The predicted octanol–water partition coefficient (Wildman–Crippen LogP) is 2.11. The van der Waals surface area contributed by atoms with Crippen molar-refractivity contribution >= 4 is 11.8 Å². The number of carbonyl (C=O) groups excluding carboxylic acids is 2. The molecule has 136 valence electrons. The number of hydrogen-bond acceptors (Lipinski definition) is 3. The SMILES string of the molecule is O=C(CC1CCCCC1)N1CCN(CC(=O)N2CCCCC2)CC1. The number of amides is 2. The minimum Gasteiger partial charge on any atom is -0.342 e. The number of nitrogens with zero attached hydrogens (tertiary/aromatic N) is 3. The van der Waals surface area contributed by atoms with Crippen LogP contribution in [0.3, 0.4) is 0 Å². The van der Waals surface area contributed by atoms with E-state index < -0.39 is 0 Å². The van der Waals surface area contributed by atoms with Gasteiger partial charge in [-0.05, 0) is 38.0 Å². The molecule has 5 heteroatoms. The molecule has 2 amide bonds. The number of rotatable bonds is 4. The van der Waals surface area contributed by atoms with Gasteiger partial charge in [0.1, 0.15) is 0 Å². The summed E-state index contributed by atoms with van der Waals surface area (Å²) in [5.74, 6) is 1.23. The maximum atomic E-state index is 12.5. The smallest absolute Gasteiger partial charge is 0.236 e. The maximum absolute atomic E-state index is 12.5. The van der Waals surface area contributed by atoms with E-state index in [0.717, 1.165) is 58.5 Å². The number of carbonyl (C=O) groups is 2. The Morgan fingerprint density at radius 3 is 1.92 bits per heavy atom. The van der Waals surface area contributed by atoms with Crippen LogP contribution < -0.4 is 0 Å². The fourth-order valence-electron chi connectivity index (χ4n) is 4.36. The lowest BCUT2D eigenvalue weighted by molar-refractivity contribution is -0.136. The zero-order valence-corrected chi connectivity index (χ0v) is 15.0. The molecule has 24 heavy (non-hydrogen) atoms. The van der Waals surface area contributed by atoms with Crippen LogP contribution in [0.5, 0.6) is 0 Å². The zero-order valence-electron chi connectivity index (χ0n) is 15.0. The summed E-state index contributed by atoms with van der Waals surface area (Å²) in [7, 11) is 0. The lowest BCUT2D eigenvalue weighted by Gasteiger charge is -2.36. The summed E-state index contributed by atoms with van der Waals surface area (Å²) in [4.78, 5) is 31.1. The molecular weight excluding hydrogens is 302 g/mol. The van der Waals surface area contributed by atoms with Crippen LogP contribution in [0.2, 0.25) is 0 Å². The third-order valence-corrected chi connectivity index (χ3v) is 5.98. The van der Waals surface area contributed by atoms with Crippen molar-refractivity contribution in [3.05, 3.63) is 0 Å². The van der Waals surface area contributed by atoms with E-state index in [1.807, 2.05) is 9.80 Å². The van der Waals surface area contributed by atoms with Gasteiger partial charge >= 0.3 is 0 Å². The second-order valence-electron chi connectivity index (χ2n) is 7.81. The molecular formula is C19H33N3O2. The van der Waals surface area contributed by atoms with Gasteiger partial charge in [0.25, 0.3) is 0 Å². The first-order valence-electron chi connectivity index (χ1n) is 10.0. The second-order valence-corrected chi connectivity index (χ2v) is 7.81. The van der Waals surface area contributed by atoms with Gasteiger partial charge in [-0.2, -0.15) is 0 Å². The van der Waals surface area contributed by atoms with Gasteiger partial charge in [-0.25, -0.2) is 0 Å². The fourth-order valence-corrected chi connectivity index (χ4v) is 4.36. The van der Waals surface area contributed by atoms with E-state index in [1.165, 1.54) is 38.5 Å². The van der Waals surface area contributed by atoms with Crippen LogP contribution in [0.1, 0.15) is 57.8 Å². The minimum atomic E-state index is 0.275. The Labute approximate surface area is 146 Å². The molecule has 3 aliphatic rings. The van der Waals surface area contributed by atoms with Crippen LogP contribution in [0, 0.1) is 5.92 Å². The number of hydrogen-bond donors (Lipinski definition) is 0. The zero-order chi connectivity index (χ0) is 16.8. The summed E-state index contributed by atoms with van der Waals surface area (Å²) in [5.41, 5.74) is 0. The highest BCUT2D eigenvalue weighted by atomic mass is 16.2. The molecule has 0 unspecified atom stereocenters. The molecule has 0 radical (unpaired) electrons. The van der Waals surface area contributed by atoms with E-state index in [4.69, 9.17) is 0 Å². The molecule has 2 heterocycles. The highest BCUT2D eigenvalue weighted by molar-refractivity contribution is 5.78. The Hall–Kier alpha value is -1.10. The molecule has 5 nitrogen and oxygen atoms in total. The van der Waals surface area contributed by atoms with E-state index >= 15 is 0 Å². The summed E-state index contributed by atoms with van der Waals surface area (Å²) in [5, 5.41) is 0. The number of piperidine rings is 1. The molecule has 0 N–H and O–H groups in total. The van der Waals surface area contributed by atoms with Crippen LogP contribution in [0.4, 0.5) is 0 Å².